The molecule has 5 aliphatic rings. The van der Waals surface area contributed by atoms with Gasteiger partial charge in [-0.05, 0) is 82.8 Å². The minimum atomic E-state index is -0.866. The molecule has 10 nitrogen and oxygen atoms in total. The zero-order valence-electron chi connectivity index (χ0n) is 25.7. The van der Waals surface area contributed by atoms with Crippen molar-refractivity contribution in [3.63, 3.8) is 0 Å². The average molecular weight is 587 g/mol. The van der Waals surface area contributed by atoms with Crippen molar-refractivity contribution < 1.29 is 38.4 Å². The van der Waals surface area contributed by atoms with Crippen LogP contribution in [0.15, 0.2) is 30.3 Å². The van der Waals surface area contributed by atoms with Gasteiger partial charge in [-0.1, -0.05) is 32.0 Å². The fourth-order valence-electron chi connectivity index (χ4n) is 7.84. The quantitative estimate of drug-likeness (QED) is 0.338. The van der Waals surface area contributed by atoms with E-state index in [0.717, 1.165) is 25.7 Å². The number of amides is 2. The van der Waals surface area contributed by atoms with E-state index in [1.165, 1.54) is 7.11 Å². The van der Waals surface area contributed by atoms with Crippen molar-refractivity contribution in [2.45, 2.75) is 109 Å². The van der Waals surface area contributed by atoms with Crippen LogP contribution in [0.5, 0.6) is 0 Å². The van der Waals surface area contributed by atoms with Gasteiger partial charge in [0, 0.05) is 23.9 Å². The van der Waals surface area contributed by atoms with Crippen LogP contribution in [0.4, 0.5) is 0 Å². The smallest absolute Gasteiger partial charge is 0.325 e. The fraction of sp³-hybridized carbons (Fsp3) is 0.719. The number of methoxy groups -OCH3 is 1. The largest absolute Gasteiger partial charge is 0.468 e. The summed E-state index contributed by atoms with van der Waals surface area (Å²) in [7, 11) is 1.27. The van der Waals surface area contributed by atoms with E-state index < -0.39 is 35.6 Å². The molecule has 0 radical (unpaired) electrons. The molecule has 2 amide bonds. The molecule has 5 fully saturated rings. The summed E-state index contributed by atoms with van der Waals surface area (Å²) >= 11 is 0. The molecule has 1 aromatic carbocycles. The first kappa shape index (κ1) is 30.9. The maximum Gasteiger partial charge on any atom is 0.325 e. The van der Waals surface area contributed by atoms with Gasteiger partial charge < -0.3 is 24.4 Å². The van der Waals surface area contributed by atoms with Gasteiger partial charge in [-0.3, -0.25) is 14.4 Å². The number of nitrogens with zero attached hydrogens (tertiary/aromatic N) is 1. The molecule has 4 heterocycles. The third-order valence-corrected chi connectivity index (χ3v) is 10.1. The zero-order chi connectivity index (χ0) is 30.2. The second-order valence-electron chi connectivity index (χ2n) is 13.0. The van der Waals surface area contributed by atoms with Gasteiger partial charge >= 0.3 is 5.97 Å². The lowest BCUT2D eigenvalue weighted by Gasteiger charge is -2.60. The topological polar surface area (TPSA) is 113 Å². The normalized spacial score (nSPS) is 36.0. The van der Waals surface area contributed by atoms with Crippen molar-refractivity contribution >= 4 is 17.8 Å². The van der Waals surface area contributed by atoms with Crippen molar-refractivity contribution in [1.29, 1.82) is 0 Å². The molecular formula is C32H46N2O8. The summed E-state index contributed by atoms with van der Waals surface area (Å²) in [5, 5.41) is 2.68. The highest BCUT2D eigenvalue weighted by atomic mass is 17.3. The standard InChI is InChI=1S/C32H46N2O8/c1-19(2)34(29(37)22-10-8-7-9-11-22)25(28(36)33-18-27(35)38-6)14-15-26-21(4)24-13-12-20(3)23-16-17-31(5)40-30(39-26)32(23,24)42-41-31/h7-11,19-21,23-26,30H,12-18H2,1-6H3,(H,33,36)/t20-,21-,23?,24?,25?,26-,30-,31-,32-/m1/s1. The molecule has 232 valence electrons. The minimum Gasteiger partial charge on any atom is -0.468 e. The molecule has 2 bridgehead atoms. The van der Waals surface area contributed by atoms with E-state index in [1.54, 1.807) is 29.2 Å². The molecule has 4 aliphatic heterocycles. The molecular weight excluding hydrogens is 540 g/mol. The molecule has 42 heavy (non-hydrogen) atoms. The summed E-state index contributed by atoms with van der Waals surface area (Å²) in [6.45, 7) is 9.89. The molecule has 1 N–H and O–H groups in total. The van der Waals surface area contributed by atoms with Crippen LogP contribution in [0.25, 0.3) is 0 Å². The van der Waals surface area contributed by atoms with E-state index in [4.69, 9.17) is 24.0 Å². The lowest BCUT2D eigenvalue weighted by atomic mass is 9.57. The lowest BCUT2D eigenvalue weighted by Crippen LogP contribution is -2.70. The molecule has 3 unspecified atom stereocenters. The van der Waals surface area contributed by atoms with Crippen molar-refractivity contribution in [2.24, 2.45) is 23.7 Å². The summed E-state index contributed by atoms with van der Waals surface area (Å²) in [5.41, 5.74) is -0.162. The Morgan fingerprint density at radius 3 is 2.50 bits per heavy atom. The SMILES string of the molecule is COC(=O)CNC(=O)C(CC[C@H]1O[C@@H]2O[C@@]3(C)CCC4[C@H](C)CCC([C@H]1C)[C@]42OO3)N(C(=O)c1ccccc1)C(C)C. The van der Waals surface area contributed by atoms with Crippen LogP contribution >= 0.6 is 0 Å². The Morgan fingerprint density at radius 1 is 1.07 bits per heavy atom. The van der Waals surface area contributed by atoms with Gasteiger partial charge in [-0.25, -0.2) is 9.78 Å². The van der Waals surface area contributed by atoms with Crippen LogP contribution in [0.3, 0.4) is 0 Å². The predicted octanol–water partition coefficient (Wildman–Crippen LogP) is 4.23. The molecule has 4 saturated heterocycles. The Morgan fingerprint density at radius 2 is 1.81 bits per heavy atom. The van der Waals surface area contributed by atoms with Crippen LogP contribution in [-0.2, 0) is 33.6 Å². The fourth-order valence-corrected chi connectivity index (χ4v) is 7.84. The Hall–Kier alpha value is -2.53. The van der Waals surface area contributed by atoms with E-state index in [0.29, 0.717) is 24.3 Å². The van der Waals surface area contributed by atoms with Gasteiger partial charge in [0.25, 0.3) is 5.91 Å². The third kappa shape index (κ3) is 5.58. The number of nitrogens with one attached hydrogen (secondary N) is 1. The van der Waals surface area contributed by atoms with Crippen molar-refractivity contribution in [3.05, 3.63) is 35.9 Å². The molecule has 0 aromatic heterocycles. The van der Waals surface area contributed by atoms with Gasteiger partial charge in [-0.2, -0.15) is 0 Å². The van der Waals surface area contributed by atoms with Crippen LogP contribution in [0.1, 0.15) is 83.5 Å². The number of fused-ring (bicyclic) bond motifs is 2. The first-order valence-corrected chi connectivity index (χ1v) is 15.4. The number of carbonyl (C=O) groups excluding carboxylic acids is 3. The van der Waals surface area contributed by atoms with Gasteiger partial charge in [0.05, 0.1) is 13.2 Å². The highest BCUT2D eigenvalue weighted by Crippen LogP contribution is 2.60. The third-order valence-electron chi connectivity index (χ3n) is 10.1. The molecule has 9 atom stereocenters. The Labute approximate surface area is 248 Å². The summed E-state index contributed by atoms with van der Waals surface area (Å²) < 4.78 is 18.0. The van der Waals surface area contributed by atoms with E-state index in [9.17, 15) is 14.4 Å². The van der Waals surface area contributed by atoms with E-state index in [1.807, 2.05) is 26.8 Å². The van der Waals surface area contributed by atoms with E-state index in [2.05, 4.69) is 19.2 Å². The second-order valence-corrected chi connectivity index (χ2v) is 13.0. The van der Waals surface area contributed by atoms with Crippen LogP contribution in [0, 0.1) is 23.7 Å². The number of ether oxygens (including phenoxy) is 3. The zero-order valence-corrected chi connectivity index (χ0v) is 25.7. The minimum absolute atomic E-state index is 0.113. The number of hydrogen-bond donors (Lipinski definition) is 1. The second kappa shape index (κ2) is 12.2. The van der Waals surface area contributed by atoms with Gasteiger partial charge in [-0.15, -0.1) is 0 Å². The first-order valence-electron chi connectivity index (χ1n) is 15.4. The molecule has 1 saturated carbocycles. The Bertz CT molecular complexity index is 1150. The highest BCUT2D eigenvalue weighted by molar-refractivity contribution is 5.98. The number of benzene rings is 1. The molecule has 1 spiro atoms. The van der Waals surface area contributed by atoms with Crippen LogP contribution in [0.2, 0.25) is 0 Å². The van der Waals surface area contributed by atoms with Crippen molar-refractivity contribution in [1.82, 2.24) is 10.2 Å². The highest BCUT2D eigenvalue weighted by Gasteiger charge is 2.69. The van der Waals surface area contributed by atoms with E-state index >= 15 is 0 Å². The first-order chi connectivity index (χ1) is 20.0. The summed E-state index contributed by atoms with van der Waals surface area (Å²) in [4.78, 5) is 53.0. The number of carbonyl (C=O) groups is 3. The van der Waals surface area contributed by atoms with Crippen LogP contribution in [-0.4, -0.2) is 72.2 Å². The van der Waals surface area contributed by atoms with Gasteiger partial charge in [0.2, 0.25) is 11.7 Å². The summed E-state index contributed by atoms with van der Waals surface area (Å²) in [6, 6.07) is 7.85. The number of rotatable bonds is 9. The number of hydrogen-bond acceptors (Lipinski definition) is 8. The van der Waals surface area contributed by atoms with Crippen molar-refractivity contribution in [2.75, 3.05) is 13.7 Å². The van der Waals surface area contributed by atoms with Gasteiger partial charge in [0.15, 0.2) is 11.9 Å². The summed E-state index contributed by atoms with van der Waals surface area (Å²) in [5.74, 6) is -1.05. The average Bonchev–Trinajstić information content (AvgIpc) is 3.21. The molecule has 1 aromatic rings. The van der Waals surface area contributed by atoms with Crippen molar-refractivity contribution in [3.8, 4) is 0 Å². The van der Waals surface area contributed by atoms with E-state index in [-0.39, 0.29) is 42.4 Å². The predicted molar refractivity (Wildman–Crippen MR) is 153 cm³/mol. The molecule has 6 rings (SSSR count). The van der Waals surface area contributed by atoms with Gasteiger partial charge in [0.1, 0.15) is 12.6 Å². The maximum absolute atomic E-state index is 13.7. The summed E-state index contributed by atoms with van der Waals surface area (Å²) in [6.07, 6.45) is 3.85. The Balaban J connectivity index is 1.40. The monoisotopic (exact) mass is 586 g/mol. The molecule has 10 heteroatoms. The Kier molecular flexibility index (Phi) is 9.00. The maximum atomic E-state index is 13.7. The molecule has 1 aliphatic carbocycles. The van der Waals surface area contributed by atoms with Crippen LogP contribution < -0.4 is 5.32 Å². The lowest BCUT2D eigenvalue weighted by molar-refractivity contribution is -0.571. The number of esters is 1.